The minimum atomic E-state index is -1.52. The first kappa shape index (κ1) is 46.3. The van der Waals surface area contributed by atoms with Gasteiger partial charge < -0.3 is 57.9 Å². The van der Waals surface area contributed by atoms with Gasteiger partial charge in [-0.1, -0.05) is 58.0 Å². The molecule has 12 N–H and O–H groups in total. The quantitative estimate of drug-likeness (QED) is 0.0534. The van der Waals surface area contributed by atoms with E-state index >= 15 is 0 Å². The lowest BCUT2D eigenvalue weighted by Crippen LogP contribution is -2.60. The van der Waals surface area contributed by atoms with E-state index in [4.69, 9.17) is 10.8 Å². The summed E-state index contributed by atoms with van der Waals surface area (Å²) in [6, 6.07) is 0.520. The van der Waals surface area contributed by atoms with Crippen LogP contribution in [0.25, 0.3) is 0 Å². The lowest BCUT2D eigenvalue weighted by molar-refractivity contribution is -0.142. The molecule has 2 aromatic rings. The number of carboxylic acid groups (broad SMARTS) is 2. The summed E-state index contributed by atoms with van der Waals surface area (Å²) >= 11 is 0. The average Bonchev–Trinajstić information content (AvgIpc) is 3.66. The Hall–Kier alpha value is -5.89. The van der Waals surface area contributed by atoms with Crippen molar-refractivity contribution in [2.75, 3.05) is 13.2 Å². The number of aromatic nitrogens is 2. The molecule has 6 atom stereocenters. The number of amides is 6. The third kappa shape index (κ3) is 16.2. The van der Waals surface area contributed by atoms with Crippen molar-refractivity contribution in [3.63, 3.8) is 0 Å². The van der Waals surface area contributed by atoms with Gasteiger partial charge >= 0.3 is 11.9 Å². The maximum Gasteiger partial charge on any atom is 0.326 e. The number of nitrogens with zero attached hydrogens (tertiary/aromatic N) is 1. The second-order valence-electron chi connectivity index (χ2n) is 13.9. The van der Waals surface area contributed by atoms with Crippen LogP contribution in [0.4, 0.5) is 0 Å². The molecular formula is C36H53N9O11. The van der Waals surface area contributed by atoms with Crippen molar-refractivity contribution >= 4 is 47.4 Å². The summed E-state index contributed by atoms with van der Waals surface area (Å²) in [7, 11) is 0. The van der Waals surface area contributed by atoms with E-state index in [0.29, 0.717) is 11.3 Å². The van der Waals surface area contributed by atoms with Gasteiger partial charge in [-0.25, -0.2) is 9.78 Å². The minimum absolute atomic E-state index is 0.0947. The number of imidazole rings is 1. The number of benzene rings is 1. The van der Waals surface area contributed by atoms with Gasteiger partial charge in [0, 0.05) is 31.2 Å². The highest BCUT2D eigenvalue weighted by atomic mass is 16.4. The summed E-state index contributed by atoms with van der Waals surface area (Å²) in [6.45, 7) is 5.53. The molecule has 0 bridgehead atoms. The molecule has 0 aliphatic rings. The van der Waals surface area contributed by atoms with Crippen molar-refractivity contribution in [3.8, 4) is 0 Å². The molecule has 2 rings (SSSR count). The largest absolute Gasteiger partial charge is 0.481 e. The van der Waals surface area contributed by atoms with Gasteiger partial charge in [-0.2, -0.15) is 0 Å². The predicted octanol–water partition coefficient (Wildman–Crippen LogP) is -2.29. The Balaban J connectivity index is 2.33. The first-order chi connectivity index (χ1) is 26.4. The van der Waals surface area contributed by atoms with Crippen LogP contribution in [0.15, 0.2) is 42.9 Å². The zero-order chi connectivity index (χ0) is 41.9. The number of H-pyrrole nitrogens is 1. The second-order valence-corrected chi connectivity index (χ2v) is 13.9. The minimum Gasteiger partial charge on any atom is -0.481 e. The number of aliphatic hydroxyl groups is 1. The van der Waals surface area contributed by atoms with Gasteiger partial charge in [0.25, 0.3) is 0 Å². The molecule has 1 aromatic heterocycles. The van der Waals surface area contributed by atoms with Crippen LogP contribution in [-0.4, -0.2) is 122 Å². The van der Waals surface area contributed by atoms with E-state index in [9.17, 15) is 48.6 Å². The molecule has 56 heavy (non-hydrogen) atoms. The Morgan fingerprint density at radius 3 is 1.89 bits per heavy atom. The Morgan fingerprint density at radius 2 is 1.34 bits per heavy atom. The Labute approximate surface area is 323 Å². The molecule has 0 spiro atoms. The molecule has 308 valence electrons. The van der Waals surface area contributed by atoms with E-state index in [-0.39, 0.29) is 25.2 Å². The fourth-order valence-corrected chi connectivity index (χ4v) is 5.33. The summed E-state index contributed by atoms with van der Waals surface area (Å²) in [5.41, 5.74) is 6.48. The number of hydrogen-bond acceptors (Lipinski definition) is 11. The summed E-state index contributed by atoms with van der Waals surface area (Å²) in [4.78, 5) is 109. The molecule has 20 heteroatoms. The van der Waals surface area contributed by atoms with Crippen molar-refractivity contribution in [1.29, 1.82) is 0 Å². The number of aliphatic hydroxyl groups excluding tert-OH is 1. The van der Waals surface area contributed by atoms with Crippen LogP contribution in [0.2, 0.25) is 0 Å². The van der Waals surface area contributed by atoms with Crippen LogP contribution in [-0.2, 0) is 51.2 Å². The fraction of sp³-hybridized carbons (Fsp3) is 0.528. The molecule has 0 saturated heterocycles. The molecule has 0 aliphatic carbocycles. The van der Waals surface area contributed by atoms with E-state index in [1.54, 1.807) is 58.0 Å². The third-order valence-electron chi connectivity index (χ3n) is 8.35. The monoisotopic (exact) mass is 787 g/mol. The van der Waals surface area contributed by atoms with Gasteiger partial charge in [0.2, 0.25) is 35.4 Å². The highest BCUT2D eigenvalue weighted by molar-refractivity contribution is 5.97. The summed E-state index contributed by atoms with van der Waals surface area (Å²) in [6.07, 6.45) is 1.68. The maximum absolute atomic E-state index is 13.9. The smallest absolute Gasteiger partial charge is 0.326 e. The van der Waals surface area contributed by atoms with Gasteiger partial charge in [0.05, 0.1) is 19.5 Å². The van der Waals surface area contributed by atoms with Crippen LogP contribution < -0.4 is 37.6 Å². The van der Waals surface area contributed by atoms with E-state index in [1.807, 2.05) is 0 Å². The van der Waals surface area contributed by atoms with Crippen LogP contribution >= 0.6 is 0 Å². The zero-order valence-corrected chi connectivity index (χ0v) is 31.7. The summed E-state index contributed by atoms with van der Waals surface area (Å²) in [5.74, 6) is -8.31. The first-order valence-corrected chi connectivity index (χ1v) is 18.0. The van der Waals surface area contributed by atoms with Crippen LogP contribution in [0, 0.1) is 11.8 Å². The number of carbonyl (C=O) groups is 8. The van der Waals surface area contributed by atoms with Crippen LogP contribution in [0.3, 0.4) is 0 Å². The molecule has 1 aromatic carbocycles. The summed E-state index contributed by atoms with van der Waals surface area (Å²) < 4.78 is 0. The zero-order valence-electron chi connectivity index (χ0n) is 31.7. The molecule has 0 saturated carbocycles. The molecule has 0 fully saturated rings. The summed E-state index contributed by atoms with van der Waals surface area (Å²) in [5, 5.41) is 43.0. The molecule has 6 amide bonds. The molecule has 0 unspecified atom stereocenters. The fourth-order valence-electron chi connectivity index (χ4n) is 5.33. The van der Waals surface area contributed by atoms with E-state index in [1.165, 1.54) is 12.5 Å². The van der Waals surface area contributed by atoms with Crippen molar-refractivity contribution in [2.45, 2.75) is 96.1 Å². The molecular weight excluding hydrogens is 734 g/mol. The molecule has 20 nitrogen and oxygen atoms in total. The highest BCUT2D eigenvalue weighted by Gasteiger charge is 2.34. The number of aliphatic carboxylic acids is 2. The maximum atomic E-state index is 13.9. The van der Waals surface area contributed by atoms with Crippen molar-refractivity contribution in [1.82, 2.24) is 41.9 Å². The first-order valence-electron chi connectivity index (χ1n) is 18.0. The third-order valence-corrected chi connectivity index (χ3v) is 8.35. The number of aromatic amines is 1. The van der Waals surface area contributed by atoms with Gasteiger partial charge in [0.1, 0.15) is 36.3 Å². The number of carbonyl (C=O) groups excluding carboxylic acids is 6. The SMILES string of the molecule is CC(C)C[C@H](NC(=O)[C@H](Cc1ccccc1)NC(=O)[C@H](CCC(=O)O)NC(=O)[C@@H](NC(=O)CNC(=O)[C@@H](N)CO)C(C)C)C(=O)N[C@@H](Cc1cnc[nH]1)C(=O)O. The lowest BCUT2D eigenvalue weighted by atomic mass is 9.99. The van der Waals surface area contributed by atoms with Crippen molar-refractivity contribution in [3.05, 3.63) is 54.1 Å². The van der Waals surface area contributed by atoms with E-state index in [2.05, 4.69) is 41.9 Å². The van der Waals surface area contributed by atoms with Gasteiger partial charge in [-0.05, 0) is 30.2 Å². The Kier molecular flexibility index (Phi) is 19.1. The van der Waals surface area contributed by atoms with Crippen LogP contribution in [0.1, 0.15) is 58.2 Å². The van der Waals surface area contributed by atoms with Crippen LogP contribution in [0.5, 0.6) is 0 Å². The van der Waals surface area contributed by atoms with E-state index in [0.717, 1.165) is 0 Å². The number of carboxylic acids is 2. The highest BCUT2D eigenvalue weighted by Crippen LogP contribution is 2.11. The van der Waals surface area contributed by atoms with E-state index < -0.39 is 116 Å². The molecule has 0 aliphatic heterocycles. The van der Waals surface area contributed by atoms with Gasteiger partial charge in [0.15, 0.2) is 0 Å². The second kappa shape index (κ2) is 23.1. The Morgan fingerprint density at radius 1 is 0.750 bits per heavy atom. The van der Waals surface area contributed by atoms with Gasteiger partial charge in [-0.3, -0.25) is 33.6 Å². The normalized spacial score (nSPS) is 14.3. The topological polar surface area (TPSA) is 324 Å². The molecule has 0 radical (unpaired) electrons. The molecule has 1 heterocycles. The van der Waals surface area contributed by atoms with Crippen molar-refractivity contribution in [2.24, 2.45) is 17.6 Å². The van der Waals surface area contributed by atoms with Gasteiger partial charge in [-0.15, -0.1) is 0 Å². The number of nitrogens with one attached hydrogen (secondary N) is 7. The number of hydrogen-bond donors (Lipinski definition) is 11. The number of nitrogens with two attached hydrogens (primary N) is 1. The standard InChI is InChI=1S/C36H53N9O11/c1-19(2)12-25(33(52)44-27(36(55)56)14-22-15-38-18-40-22)42-34(53)26(13-21-8-6-5-7-9-21)43-32(51)24(10-11-29(48)49)41-35(54)30(20(3)4)45-28(47)16-39-31(50)23(37)17-46/h5-9,15,18-20,23-27,30,46H,10-14,16-17,37H2,1-4H3,(H,38,40)(H,39,50)(H,41,54)(H,42,53)(H,43,51)(H,44,52)(H,45,47)(H,48,49)(H,55,56)/t23-,24-,25-,26-,27-,30-/m0/s1. The Bertz CT molecular complexity index is 1640. The predicted molar refractivity (Wildman–Crippen MR) is 199 cm³/mol. The lowest BCUT2D eigenvalue weighted by Gasteiger charge is -2.28. The number of rotatable bonds is 24. The average molecular weight is 788 g/mol. The van der Waals surface area contributed by atoms with Crippen molar-refractivity contribution < 1.29 is 53.7 Å².